The van der Waals surface area contributed by atoms with Crippen LogP contribution in [0.15, 0.2) is 41.2 Å². The third kappa shape index (κ3) is 3.07. The summed E-state index contributed by atoms with van der Waals surface area (Å²) < 4.78 is 1.51. The van der Waals surface area contributed by atoms with Crippen molar-refractivity contribution in [3.8, 4) is 11.8 Å². The number of fused-ring (bicyclic) bond motifs is 1. The topological polar surface area (TPSA) is 90.9 Å². The highest BCUT2D eigenvalue weighted by atomic mass is 35.5. The highest BCUT2D eigenvalue weighted by Gasteiger charge is 2.31. The third-order valence-corrected chi connectivity index (χ3v) is 6.17. The van der Waals surface area contributed by atoms with Gasteiger partial charge in [0.25, 0.3) is 0 Å². The Morgan fingerprint density at radius 1 is 1.21 bits per heavy atom. The number of anilines is 1. The lowest BCUT2D eigenvalue weighted by molar-refractivity contribution is 0.0785. The van der Waals surface area contributed by atoms with Crippen LogP contribution in [0.3, 0.4) is 0 Å². The molecule has 2 saturated carbocycles. The van der Waals surface area contributed by atoms with E-state index >= 15 is 0 Å². The standard InChI is InChI=1S/C22H19ClN4O2/c23-16-3-1-2-4-18(16)27-19-10-14(12-5-6-12)13(11-24)9-15(19)21(26-22(27)29)25-17-7-8-20(17)28/h1-4,9-10,12,17,20,28H,5-8H2,(H,25,26,29)/t17-,20-/m1/s1. The zero-order valence-electron chi connectivity index (χ0n) is 15.6. The fourth-order valence-electron chi connectivity index (χ4n) is 3.92. The molecule has 2 atom stereocenters. The van der Waals surface area contributed by atoms with Crippen molar-refractivity contribution in [2.75, 3.05) is 5.32 Å². The Kier molecular flexibility index (Phi) is 4.30. The Morgan fingerprint density at radius 3 is 2.62 bits per heavy atom. The van der Waals surface area contributed by atoms with E-state index < -0.39 is 11.8 Å². The summed E-state index contributed by atoms with van der Waals surface area (Å²) in [5.74, 6) is 0.748. The second kappa shape index (κ2) is 6.87. The molecule has 2 aliphatic rings. The average Bonchev–Trinajstić information content (AvgIpc) is 3.56. The van der Waals surface area contributed by atoms with Gasteiger partial charge in [-0.3, -0.25) is 4.57 Å². The van der Waals surface area contributed by atoms with Crippen LogP contribution in [-0.2, 0) is 0 Å². The van der Waals surface area contributed by atoms with Crippen molar-refractivity contribution in [3.05, 3.63) is 63.0 Å². The van der Waals surface area contributed by atoms with E-state index in [1.165, 1.54) is 4.57 Å². The van der Waals surface area contributed by atoms with E-state index in [1.54, 1.807) is 18.2 Å². The van der Waals surface area contributed by atoms with Gasteiger partial charge in [0.05, 0.1) is 40.0 Å². The van der Waals surface area contributed by atoms with Gasteiger partial charge in [-0.25, -0.2) is 4.79 Å². The zero-order chi connectivity index (χ0) is 20.1. The van der Waals surface area contributed by atoms with Crippen LogP contribution in [0.1, 0.15) is 42.7 Å². The molecule has 2 aliphatic carbocycles. The number of hydrogen-bond donors (Lipinski definition) is 2. The number of nitrogens with one attached hydrogen (secondary N) is 1. The molecule has 1 heterocycles. The van der Waals surface area contributed by atoms with E-state index in [0.29, 0.717) is 38.9 Å². The summed E-state index contributed by atoms with van der Waals surface area (Å²) in [6, 6.07) is 13.0. The van der Waals surface area contributed by atoms with Crippen molar-refractivity contribution in [2.45, 2.75) is 43.7 Å². The SMILES string of the molecule is N#Cc1cc2c(N[C@@H]3CC[C@H]3O)nc(=O)n(-c3ccccc3Cl)c2cc1C1CC1. The Bertz CT molecular complexity index is 1230. The van der Waals surface area contributed by atoms with Crippen LogP contribution in [0, 0.1) is 11.3 Å². The van der Waals surface area contributed by atoms with Gasteiger partial charge >= 0.3 is 5.69 Å². The van der Waals surface area contributed by atoms with E-state index in [9.17, 15) is 15.2 Å². The molecule has 0 saturated heterocycles. The number of aliphatic hydroxyl groups excluding tert-OH is 1. The molecule has 0 radical (unpaired) electrons. The van der Waals surface area contributed by atoms with Crippen LogP contribution in [0.2, 0.25) is 5.02 Å². The molecule has 29 heavy (non-hydrogen) atoms. The predicted molar refractivity (Wildman–Crippen MR) is 112 cm³/mol. The molecule has 7 heteroatoms. The van der Waals surface area contributed by atoms with Crippen LogP contribution < -0.4 is 11.0 Å². The van der Waals surface area contributed by atoms with Crippen LogP contribution in [0.4, 0.5) is 5.82 Å². The Labute approximate surface area is 172 Å². The fourth-order valence-corrected chi connectivity index (χ4v) is 4.14. The minimum absolute atomic E-state index is 0.144. The molecular formula is C22H19ClN4O2. The molecule has 2 N–H and O–H groups in total. The van der Waals surface area contributed by atoms with Gasteiger partial charge < -0.3 is 10.4 Å². The van der Waals surface area contributed by atoms with Crippen molar-refractivity contribution < 1.29 is 5.11 Å². The number of hydrogen-bond acceptors (Lipinski definition) is 5. The normalized spacial score (nSPS) is 20.9. The smallest absolute Gasteiger partial charge is 0.354 e. The number of halogens is 1. The monoisotopic (exact) mass is 406 g/mol. The number of aliphatic hydroxyl groups is 1. The molecule has 0 aliphatic heterocycles. The van der Waals surface area contributed by atoms with Crippen LogP contribution in [0.5, 0.6) is 0 Å². The van der Waals surface area contributed by atoms with E-state index in [-0.39, 0.29) is 6.04 Å². The van der Waals surface area contributed by atoms with Crippen LogP contribution >= 0.6 is 11.6 Å². The molecule has 0 bridgehead atoms. The summed E-state index contributed by atoms with van der Waals surface area (Å²) in [7, 11) is 0. The maximum atomic E-state index is 13.1. The molecule has 1 aromatic heterocycles. The second-order valence-electron chi connectivity index (χ2n) is 7.77. The molecule has 0 spiro atoms. The third-order valence-electron chi connectivity index (χ3n) is 5.85. The average molecular weight is 407 g/mol. The number of nitriles is 1. The van der Waals surface area contributed by atoms with Gasteiger partial charge in [0.15, 0.2) is 0 Å². The van der Waals surface area contributed by atoms with E-state index in [1.807, 2.05) is 18.2 Å². The van der Waals surface area contributed by atoms with Gasteiger partial charge in [0, 0.05) is 5.39 Å². The van der Waals surface area contributed by atoms with Crippen molar-refractivity contribution in [1.29, 1.82) is 5.26 Å². The van der Waals surface area contributed by atoms with Gasteiger partial charge in [-0.05, 0) is 61.4 Å². The molecule has 5 rings (SSSR count). The van der Waals surface area contributed by atoms with Crippen molar-refractivity contribution in [1.82, 2.24) is 9.55 Å². The fraction of sp³-hybridized carbons (Fsp3) is 0.318. The highest BCUT2D eigenvalue weighted by molar-refractivity contribution is 6.32. The molecule has 2 aromatic carbocycles. The first-order chi connectivity index (χ1) is 14.1. The molecule has 0 unspecified atom stereocenters. The lowest BCUT2D eigenvalue weighted by Crippen LogP contribution is -2.43. The van der Waals surface area contributed by atoms with Crippen LogP contribution in [0.25, 0.3) is 16.6 Å². The number of nitrogens with zero attached hydrogens (tertiary/aromatic N) is 3. The number of benzene rings is 2. The van der Waals surface area contributed by atoms with Gasteiger partial charge in [0.2, 0.25) is 0 Å². The maximum Gasteiger partial charge on any atom is 0.354 e. The zero-order valence-corrected chi connectivity index (χ0v) is 16.4. The molecular weight excluding hydrogens is 388 g/mol. The maximum absolute atomic E-state index is 13.1. The lowest BCUT2D eigenvalue weighted by atomic mass is 9.89. The van der Waals surface area contributed by atoms with E-state index in [0.717, 1.165) is 31.2 Å². The van der Waals surface area contributed by atoms with Crippen molar-refractivity contribution in [2.24, 2.45) is 0 Å². The first-order valence-corrected chi connectivity index (χ1v) is 10.1. The predicted octanol–water partition coefficient (Wildman–Crippen LogP) is 3.72. The van der Waals surface area contributed by atoms with E-state index in [2.05, 4.69) is 16.4 Å². The highest BCUT2D eigenvalue weighted by Crippen LogP contribution is 2.43. The van der Waals surface area contributed by atoms with Crippen molar-refractivity contribution in [3.63, 3.8) is 0 Å². The van der Waals surface area contributed by atoms with Gasteiger partial charge in [-0.15, -0.1) is 0 Å². The summed E-state index contributed by atoms with van der Waals surface area (Å²) in [5.41, 5.74) is 2.33. The Balaban J connectivity index is 1.80. The molecule has 146 valence electrons. The molecule has 0 amide bonds. The number of rotatable bonds is 4. The molecule has 2 fully saturated rings. The largest absolute Gasteiger partial charge is 0.391 e. The summed E-state index contributed by atoms with van der Waals surface area (Å²) in [4.78, 5) is 17.3. The van der Waals surface area contributed by atoms with Crippen molar-refractivity contribution >= 4 is 28.3 Å². The second-order valence-corrected chi connectivity index (χ2v) is 8.18. The van der Waals surface area contributed by atoms with E-state index in [4.69, 9.17) is 11.6 Å². The summed E-state index contributed by atoms with van der Waals surface area (Å²) in [5, 5.41) is 24.0. The van der Waals surface area contributed by atoms with Gasteiger partial charge in [-0.1, -0.05) is 23.7 Å². The minimum atomic E-state index is -0.459. The molecule has 6 nitrogen and oxygen atoms in total. The van der Waals surface area contributed by atoms with Gasteiger partial charge in [-0.2, -0.15) is 10.2 Å². The Hall–Kier alpha value is -2.88. The van der Waals surface area contributed by atoms with Crippen LogP contribution in [-0.4, -0.2) is 26.8 Å². The summed E-state index contributed by atoms with van der Waals surface area (Å²) in [6.07, 6.45) is 3.16. The molecule has 3 aromatic rings. The summed E-state index contributed by atoms with van der Waals surface area (Å²) >= 11 is 6.39. The minimum Gasteiger partial charge on any atom is -0.391 e. The number of aromatic nitrogens is 2. The Morgan fingerprint density at radius 2 is 2.00 bits per heavy atom. The summed E-state index contributed by atoms with van der Waals surface area (Å²) in [6.45, 7) is 0. The first-order valence-electron chi connectivity index (χ1n) is 9.77. The first kappa shape index (κ1) is 18.2. The lowest BCUT2D eigenvalue weighted by Gasteiger charge is -2.33. The quantitative estimate of drug-likeness (QED) is 0.689. The number of para-hydroxylation sites is 1. The van der Waals surface area contributed by atoms with Gasteiger partial charge in [0.1, 0.15) is 5.82 Å².